The summed E-state index contributed by atoms with van der Waals surface area (Å²) in [5.41, 5.74) is 1.28. The molecule has 2 aliphatic rings. The zero-order chi connectivity index (χ0) is 22.2. The van der Waals surface area contributed by atoms with Crippen LogP contribution in [0.3, 0.4) is 0 Å². The third kappa shape index (κ3) is 6.16. The van der Waals surface area contributed by atoms with E-state index in [0.717, 1.165) is 18.7 Å². The zero-order valence-electron chi connectivity index (χ0n) is 18.9. The quantitative estimate of drug-likeness (QED) is 0.596. The van der Waals surface area contributed by atoms with E-state index in [1.165, 1.54) is 37.7 Å². The Labute approximate surface area is 190 Å². The summed E-state index contributed by atoms with van der Waals surface area (Å²) in [5, 5.41) is 2.91. The molecular weight excluding hydrogens is 404 g/mol. The van der Waals surface area contributed by atoms with Gasteiger partial charge in [0, 0.05) is 19.1 Å². The second-order valence-electron chi connectivity index (χ2n) is 8.71. The van der Waals surface area contributed by atoms with Crippen LogP contribution in [-0.4, -0.2) is 49.8 Å². The van der Waals surface area contributed by atoms with Gasteiger partial charge in [-0.25, -0.2) is 0 Å². The topological polar surface area (TPSA) is 60.0 Å². The Morgan fingerprint density at radius 2 is 1.91 bits per heavy atom. The van der Waals surface area contributed by atoms with Gasteiger partial charge in [0.1, 0.15) is 12.4 Å². The number of benzene rings is 2. The fourth-order valence-electron chi connectivity index (χ4n) is 4.41. The van der Waals surface area contributed by atoms with Gasteiger partial charge in [-0.2, -0.15) is 0 Å². The highest BCUT2D eigenvalue weighted by Crippen LogP contribution is 2.30. The van der Waals surface area contributed by atoms with Gasteiger partial charge in [-0.05, 0) is 56.1 Å². The molecule has 0 saturated heterocycles. The standard InChI is InChI=1S/C26H34N2O4/c1-28(21-10-3-2-4-11-21)18-20-9-7-12-22(17-20)30-16-8-15-27-26(29)25-19-31-23-13-5-6-14-24(23)32-25/h5-7,9,12-14,17,21,25H,2-4,8,10-11,15-16,18-19H2,1H3,(H,27,29)/t25-/m0/s1. The predicted octanol–water partition coefficient (Wildman–Crippen LogP) is 4.18. The number of amides is 1. The Morgan fingerprint density at radius 3 is 2.75 bits per heavy atom. The first-order chi connectivity index (χ1) is 15.7. The van der Waals surface area contributed by atoms with E-state index in [0.29, 0.717) is 30.7 Å². The van der Waals surface area contributed by atoms with Crippen LogP contribution in [0.5, 0.6) is 17.2 Å². The van der Waals surface area contributed by atoms with Crippen LogP contribution in [0.1, 0.15) is 44.1 Å². The van der Waals surface area contributed by atoms with Crippen molar-refractivity contribution in [1.82, 2.24) is 10.2 Å². The average Bonchev–Trinajstić information content (AvgIpc) is 2.84. The molecule has 1 saturated carbocycles. The fraction of sp³-hybridized carbons (Fsp3) is 0.500. The van der Waals surface area contributed by atoms with Crippen LogP contribution in [0.4, 0.5) is 0 Å². The number of para-hydroxylation sites is 2. The molecule has 6 heteroatoms. The minimum absolute atomic E-state index is 0.160. The average molecular weight is 439 g/mol. The molecule has 1 aliphatic carbocycles. The lowest BCUT2D eigenvalue weighted by molar-refractivity contribution is -0.130. The number of nitrogens with zero attached hydrogens (tertiary/aromatic N) is 1. The van der Waals surface area contributed by atoms with E-state index in [1.807, 2.05) is 30.3 Å². The van der Waals surface area contributed by atoms with E-state index in [1.54, 1.807) is 0 Å². The molecule has 1 amide bonds. The maximum absolute atomic E-state index is 12.4. The van der Waals surface area contributed by atoms with Crippen molar-refractivity contribution >= 4 is 5.91 Å². The molecule has 1 fully saturated rings. The number of carbonyl (C=O) groups excluding carboxylic acids is 1. The molecule has 6 nitrogen and oxygen atoms in total. The van der Waals surface area contributed by atoms with Crippen LogP contribution in [0.2, 0.25) is 0 Å². The number of hydrogen-bond acceptors (Lipinski definition) is 5. The number of fused-ring (bicyclic) bond motifs is 1. The van der Waals surface area contributed by atoms with E-state index in [4.69, 9.17) is 14.2 Å². The van der Waals surface area contributed by atoms with Crippen molar-refractivity contribution in [1.29, 1.82) is 0 Å². The van der Waals surface area contributed by atoms with Crippen molar-refractivity contribution in [2.24, 2.45) is 0 Å². The van der Waals surface area contributed by atoms with Gasteiger partial charge in [0.05, 0.1) is 6.61 Å². The molecule has 0 unspecified atom stereocenters. The van der Waals surface area contributed by atoms with E-state index in [-0.39, 0.29) is 12.5 Å². The molecule has 0 radical (unpaired) electrons. The lowest BCUT2D eigenvalue weighted by atomic mass is 9.94. The molecule has 2 aromatic carbocycles. The van der Waals surface area contributed by atoms with E-state index in [9.17, 15) is 4.79 Å². The van der Waals surface area contributed by atoms with Crippen molar-refractivity contribution in [3.8, 4) is 17.2 Å². The molecule has 172 valence electrons. The van der Waals surface area contributed by atoms with Crippen molar-refractivity contribution in [3.63, 3.8) is 0 Å². The summed E-state index contributed by atoms with van der Waals surface area (Å²) in [7, 11) is 2.23. The lowest BCUT2D eigenvalue weighted by Gasteiger charge is -2.31. The molecule has 4 rings (SSSR count). The molecule has 0 bridgehead atoms. The van der Waals surface area contributed by atoms with Crippen LogP contribution in [-0.2, 0) is 11.3 Å². The summed E-state index contributed by atoms with van der Waals surface area (Å²) in [6, 6.07) is 16.4. The summed E-state index contributed by atoms with van der Waals surface area (Å²) >= 11 is 0. The van der Waals surface area contributed by atoms with E-state index < -0.39 is 6.10 Å². The van der Waals surface area contributed by atoms with Crippen molar-refractivity contribution in [2.75, 3.05) is 26.8 Å². The van der Waals surface area contributed by atoms with Crippen LogP contribution >= 0.6 is 0 Å². The van der Waals surface area contributed by atoms with Gasteiger partial charge in [0.2, 0.25) is 6.10 Å². The third-order valence-electron chi connectivity index (χ3n) is 6.22. The maximum atomic E-state index is 12.4. The second kappa shape index (κ2) is 11.2. The van der Waals surface area contributed by atoms with Crippen molar-refractivity contribution < 1.29 is 19.0 Å². The van der Waals surface area contributed by atoms with Crippen LogP contribution in [0.15, 0.2) is 48.5 Å². The molecule has 1 N–H and O–H groups in total. The zero-order valence-corrected chi connectivity index (χ0v) is 18.9. The normalized spacial score (nSPS) is 18.4. The Hall–Kier alpha value is -2.73. The first-order valence-corrected chi connectivity index (χ1v) is 11.8. The van der Waals surface area contributed by atoms with Gasteiger partial charge in [-0.1, -0.05) is 43.5 Å². The molecule has 32 heavy (non-hydrogen) atoms. The molecular formula is C26H34N2O4. The fourth-order valence-corrected chi connectivity index (χ4v) is 4.41. The predicted molar refractivity (Wildman–Crippen MR) is 124 cm³/mol. The third-order valence-corrected chi connectivity index (χ3v) is 6.22. The van der Waals surface area contributed by atoms with Gasteiger partial charge in [-0.15, -0.1) is 0 Å². The largest absolute Gasteiger partial charge is 0.494 e. The molecule has 1 atom stereocenters. The molecule has 2 aromatic rings. The molecule has 0 spiro atoms. The van der Waals surface area contributed by atoms with Gasteiger partial charge < -0.3 is 19.5 Å². The van der Waals surface area contributed by atoms with E-state index >= 15 is 0 Å². The van der Waals surface area contributed by atoms with Gasteiger partial charge in [-0.3, -0.25) is 9.69 Å². The van der Waals surface area contributed by atoms with Crippen molar-refractivity contribution in [3.05, 3.63) is 54.1 Å². The number of carbonyl (C=O) groups is 1. The minimum atomic E-state index is -0.622. The SMILES string of the molecule is CN(Cc1cccc(OCCCNC(=O)[C@@H]2COc3ccccc3O2)c1)C1CCCCC1. The summed E-state index contributed by atoms with van der Waals surface area (Å²) in [4.78, 5) is 14.8. The highest BCUT2D eigenvalue weighted by atomic mass is 16.6. The number of hydrogen-bond donors (Lipinski definition) is 1. The highest BCUT2D eigenvalue weighted by Gasteiger charge is 2.26. The summed E-state index contributed by atoms with van der Waals surface area (Å²) < 4.78 is 17.3. The van der Waals surface area contributed by atoms with Crippen LogP contribution in [0, 0.1) is 0 Å². The number of nitrogens with one attached hydrogen (secondary N) is 1. The first kappa shape index (κ1) is 22.5. The summed E-state index contributed by atoms with van der Waals surface area (Å²) in [6.07, 6.45) is 6.80. The molecule has 1 heterocycles. The first-order valence-electron chi connectivity index (χ1n) is 11.8. The van der Waals surface area contributed by atoms with Gasteiger partial charge in [0.25, 0.3) is 5.91 Å². The highest BCUT2D eigenvalue weighted by molar-refractivity contribution is 5.81. The van der Waals surface area contributed by atoms with Crippen LogP contribution in [0.25, 0.3) is 0 Å². The van der Waals surface area contributed by atoms with Crippen molar-refractivity contribution in [2.45, 2.75) is 57.2 Å². The molecule has 1 aliphatic heterocycles. The Kier molecular flexibility index (Phi) is 7.88. The summed E-state index contributed by atoms with van der Waals surface area (Å²) in [6.45, 7) is 2.25. The smallest absolute Gasteiger partial charge is 0.264 e. The molecule has 0 aromatic heterocycles. The lowest BCUT2D eigenvalue weighted by Crippen LogP contribution is -2.44. The Bertz CT molecular complexity index is 882. The van der Waals surface area contributed by atoms with Gasteiger partial charge in [0.15, 0.2) is 11.5 Å². The second-order valence-corrected chi connectivity index (χ2v) is 8.71. The minimum Gasteiger partial charge on any atom is -0.494 e. The Balaban J connectivity index is 1.15. The number of ether oxygens (including phenoxy) is 3. The van der Waals surface area contributed by atoms with E-state index in [2.05, 4.69) is 35.5 Å². The maximum Gasteiger partial charge on any atom is 0.264 e. The number of rotatable bonds is 9. The van der Waals surface area contributed by atoms with Crippen LogP contribution < -0.4 is 19.5 Å². The Morgan fingerprint density at radius 1 is 1.09 bits per heavy atom. The summed E-state index contributed by atoms with van der Waals surface area (Å²) in [5.74, 6) is 2.01. The monoisotopic (exact) mass is 438 g/mol. The van der Waals surface area contributed by atoms with Gasteiger partial charge >= 0.3 is 0 Å².